The summed E-state index contributed by atoms with van der Waals surface area (Å²) in [5, 5.41) is 9.21. The van der Waals surface area contributed by atoms with Crippen LogP contribution in [0.25, 0.3) is 21.8 Å². The van der Waals surface area contributed by atoms with Crippen LogP contribution in [0.2, 0.25) is 0 Å². The highest BCUT2D eigenvalue weighted by Crippen LogP contribution is 2.38. The highest BCUT2D eigenvalue weighted by Gasteiger charge is 2.20. The van der Waals surface area contributed by atoms with Crippen LogP contribution in [-0.4, -0.2) is 20.8 Å². The van der Waals surface area contributed by atoms with Crippen molar-refractivity contribution in [2.75, 3.05) is 5.32 Å². The van der Waals surface area contributed by atoms with Gasteiger partial charge in [0, 0.05) is 17.7 Å². The zero-order valence-corrected chi connectivity index (χ0v) is 17.2. The monoisotopic (exact) mass is 394 g/mol. The quantitative estimate of drug-likeness (QED) is 0.633. The highest BCUT2D eigenvalue weighted by atomic mass is 32.1. The maximum absolute atomic E-state index is 12.1. The van der Waals surface area contributed by atoms with Crippen molar-refractivity contribution < 1.29 is 0 Å². The van der Waals surface area contributed by atoms with Crippen molar-refractivity contribution in [1.29, 1.82) is 0 Å². The molecule has 6 heteroatoms. The van der Waals surface area contributed by atoms with Crippen LogP contribution in [0, 0.1) is 0 Å². The van der Waals surface area contributed by atoms with Gasteiger partial charge in [-0.15, -0.1) is 0 Å². The van der Waals surface area contributed by atoms with E-state index in [0.29, 0.717) is 6.04 Å². The molecule has 5 nitrogen and oxygen atoms in total. The molecule has 3 aromatic rings. The molecule has 28 heavy (non-hydrogen) atoms. The van der Waals surface area contributed by atoms with Crippen molar-refractivity contribution in [3.63, 3.8) is 0 Å². The minimum atomic E-state index is -0.0786. The van der Waals surface area contributed by atoms with Crippen LogP contribution in [0.1, 0.15) is 52.0 Å². The minimum Gasteiger partial charge on any atom is -0.359 e. The van der Waals surface area contributed by atoms with E-state index in [2.05, 4.69) is 22.5 Å². The Morgan fingerprint density at radius 1 is 1.07 bits per heavy atom. The van der Waals surface area contributed by atoms with Gasteiger partial charge in [0.25, 0.3) is 5.56 Å². The molecular weight excluding hydrogens is 368 g/mol. The molecule has 4 rings (SSSR count). The average Bonchev–Trinajstić information content (AvgIpc) is 3.13. The van der Waals surface area contributed by atoms with E-state index in [4.69, 9.17) is 4.98 Å². The van der Waals surface area contributed by atoms with Gasteiger partial charge < -0.3 is 5.32 Å². The minimum absolute atomic E-state index is 0.0142. The Bertz CT molecular complexity index is 987. The van der Waals surface area contributed by atoms with Crippen molar-refractivity contribution in [2.24, 2.45) is 0 Å². The van der Waals surface area contributed by atoms with Crippen molar-refractivity contribution >= 4 is 16.5 Å². The van der Waals surface area contributed by atoms with Crippen LogP contribution in [0.15, 0.2) is 47.3 Å². The summed E-state index contributed by atoms with van der Waals surface area (Å²) in [5.41, 5.74) is 2.70. The summed E-state index contributed by atoms with van der Waals surface area (Å²) in [6.07, 6.45) is 6.29. The Kier molecular flexibility index (Phi) is 5.57. The van der Waals surface area contributed by atoms with Gasteiger partial charge in [-0.05, 0) is 32.8 Å². The second kappa shape index (κ2) is 8.27. The second-order valence-corrected chi connectivity index (χ2v) is 8.64. The summed E-state index contributed by atoms with van der Waals surface area (Å²) in [7, 11) is 0. The summed E-state index contributed by atoms with van der Waals surface area (Å²) in [6.45, 7) is 3.94. The van der Waals surface area contributed by atoms with E-state index in [1.807, 2.05) is 38.1 Å². The third-order valence-corrected chi connectivity index (χ3v) is 6.16. The van der Waals surface area contributed by atoms with Gasteiger partial charge in [0.05, 0.1) is 16.6 Å². The van der Waals surface area contributed by atoms with Crippen LogP contribution in [0.3, 0.4) is 0 Å². The summed E-state index contributed by atoms with van der Waals surface area (Å²) in [5.74, 6) is 0. The molecule has 0 bridgehead atoms. The maximum Gasteiger partial charge on any atom is 0.267 e. The molecule has 0 spiro atoms. The van der Waals surface area contributed by atoms with Gasteiger partial charge in [0.15, 0.2) is 5.13 Å². The zero-order chi connectivity index (χ0) is 19.5. The Morgan fingerprint density at radius 3 is 2.54 bits per heavy atom. The third-order valence-electron chi connectivity index (χ3n) is 5.15. The first kappa shape index (κ1) is 18.9. The van der Waals surface area contributed by atoms with E-state index in [1.165, 1.54) is 36.8 Å². The molecule has 2 heterocycles. The number of hydrogen-bond donors (Lipinski definition) is 1. The van der Waals surface area contributed by atoms with Gasteiger partial charge in [0.2, 0.25) is 0 Å². The molecule has 1 aromatic carbocycles. The number of aromatic nitrogens is 3. The van der Waals surface area contributed by atoms with Gasteiger partial charge in [-0.25, -0.2) is 9.67 Å². The number of nitrogens with one attached hydrogen (secondary N) is 1. The smallest absolute Gasteiger partial charge is 0.267 e. The van der Waals surface area contributed by atoms with Gasteiger partial charge in [-0.1, -0.05) is 60.9 Å². The first-order chi connectivity index (χ1) is 13.6. The highest BCUT2D eigenvalue weighted by molar-refractivity contribution is 7.19. The molecule has 2 aromatic heterocycles. The first-order valence-corrected chi connectivity index (χ1v) is 10.9. The number of anilines is 1. The van der Waals surface area contributed by atoms with E-state index < -0.39 is 0 Å². The van der Waals surface area contributed by atoms with Crippen LogP contribution < -0.4 is 10.9 Å². The summed E-state index contributed by atoms with van der Waals surface area (Å²) in [6, 6.07) is 14.1. The molecule has 0 radical (unpaired) electrons. The van der Waals surface area contributed by atoms with Gasteiger partial charge in [-0.3, -0.25) is 4.79 Å². The van der Waals surface area contributed by atoms with Crippen molar-refractivity contribution in [1.82, 2.24) is 14.8 Å². The Balaban J connectivity index is 1.76. The first-order valence-electron chi connectivity index (χ1n) is 10.0. The van der Waals surface area contributed by atoms with Gasteiger partial charge in [0.1, 0.15) is 5.69 Å². The summed E-state index contributed by atoms with van der Waals surface area (Å²) in [4.78, 5) is 18.1. The molecule has 0 atom stereocenters. The summed E-state index contributed by atoms with van der Waals surface area (Å²) < 4.78 is 1.54. The molecule has 1 fully saturated rings. The molecule has 1 N–H and O–H groups in total. The van der Waals surface area contributed by atoms with E-state index in [0.717, 1.165) is 27.0 Å². The number of nitrogens with zero attached hydrogens (tertiary/aromatic N) is 3. The number of thiazole rings is 1. The SMILES string of the molecule is CC(C)n1nc(-c2sc(NC3CCCCC3)nc2-c2ccccc2)ccc1=O. The van der Waals surface area contributed by atoms with Crippen LogP contribution in [-0.2, 0) is 0 Å². The fourth-order valence-corrected chi connectivity index (χ4v) is 4.71. The fraction of sp³-hybridized carbons (Fsp3) is 0.409. The molecular formula is C22H26N4OS. The van der Waals surface area contributed by atoms with E-state index in [9.17, 15) is 4.79 Å². The van der Waals surface area contributed by atoms with Crippen LogP contribution in [0.5, 0.6) is 0 Å². The number of hydrogen-bond acceptors (Lipinski definition) is 5. The number of benzene rings is 1. The molecule has 0 aliphatic heterocycles. The lowest BCUT2D eigenvalue weighted by Gasteiger charge is -2.22. The zero-order valence-electron chi connectivity index (χ0n) is 16.4. The van der Waals surface area contributed by atoms with Crippen LogP contribution >= 0.6 is 11.3 Å². The Morgan fingerprint density at radius 2 is 1.82 bits per heavy atom. The van der Waals surface area contributed by atoms with E-state index >= 15 is 0 Å². The molecule has 1 aliphatic carbocycles. The van der Waals surface area contributed by atoms with Gasteiger partial charge in [-0.2, -0.15) is 5.10 Å². The van der Waals surface area contributed by atoms with Crippen molar-refractivity contribution in [3.05, 3.63) is 52.8 Å². The average molecular weight is 395 g/mol. The van der Waals surface area contributed by atoms with Crippen LogP contribution in [0.4, 0.5) is 5.13 Å². The van der Waals surface area contributed by atoms with E-state index in [-0.39, 0.29) is 11.6 Å². The molecule has 0 unspecified atom stereocenters. The fourth-order valence-electron chi connectivity index (χ4n) is 3.69. The number of rotatable bonds is 5. The van der Waals surface area contributed by atoms with Gasteiger partial charge >= 0.3 is 0 Å². The third kappa shape index (κ3) is 4.02. The van der Waals surface area contributed by atoms with Crippen molar-refractivity contribution in [2.45, 2.75) is 58.0 Å². The molecule has 1 aliphatic rings. The summed E-state index contributed by atoms with van der Waals surface area (Å²) >= 11 is 1.63. The predicted octanol–water partition coefficient (Wildman–Crippen LogP) is 5.36. The second-order valence-electron chi connectivity index (χ2n) is 7.64. The standard InChI is InChI=1S/C22H26N4OS/c1-15(2)26-19(27)14-13-18(25-26)21-20(16-9-5-3-6-10-16)24-22(28-21)23-17-11-7-4-8-12-17/h3,5-6,9-10,13-15,17H,4,7-8,11-12H2,1-2H3,(H,23,24). The predicted molar refractivity (Wildman–Crippen MR) is 116 cm³/mol. The molecule has 1 saturated carbocycles. The Labute approximate surface area is 169 Å². The lowest BCUT2D eigenvalue weighted by molar-refractivity contribution is 0.462. The van der Waals surface area contributed by atoms with Crippen molar-refractivity contribution in [3.8, 4) is 21.8 Å². The lowest BCUT2D eigenvalue weighted by atomic mass is 9.96. The van der Waals surface area contributed by atoms with E-state index in [1.54, 1.807) is 17.4 Å². The normalized spacial score (nSPS) is 15.1. The molecule has 146 valence electrons. The largest absolute Gasteiger partial charge is 0.359 e. The lowest BCUT2D eigenvalue weighted by Crippen LogP contribution is -2.23. The maximum atomic E-state index is 12.1. The topological polar surface area (TPSA) is 59.8 Å². The Hall–Kier alpha value is -2.47. The molecule has 0 saturated heterocycles. The molecule has 0 amide bonds.